The third-order valence-corrected chi connectivity index (χ3v) is 3.98. The number of unbranched alkanes of at least 4 members (excludes halogenated alkanes) is 2. The number of carbonyl (C=O) groups is 2. The molecule has 0 aliphatic heterocycles. The first-order valence-electron chi connectivity index (χ1n) is 7.25. The number of para-hydroxylation sites is 1. The fourth-order valence-electron chi connectivity index (χ4n) is 1.96. The molecule has 0 heterocycles. The van der Waals surface area contributed by atoms with Gasteiger partial charge in [0, 0.05) is 18.4 Å². The quantitative estimate of drug-likeness (QED) is 0.591. The molecule has 0 aliphatic rings. The molecule has 0 unspecified atom stereocenters. The molecule has 1 aromatic carbocycles. The number of thioether (sulfide) groups is 1. The Morgan fingerprint density at radius 3 is 2.62 bits per heavy atom. The van der Waals surface area contributed by atoms with Gasteiger partial charge in [-0.15, -0.1) is 11.8 Å². The summed E-state index contributed by atoms with van der Waals surface area (Å²) in [6.07, 6.45) is 5.50. The number of anilines is 1. The summed E-state index contributed by atoms with van der Waals surface area (Å²) in [6.45, 7) is 2.19. The summed E-state index contributed by atoms with van der Waals surface area (Å²) in [4.78, 5) is 26.4. The first-order chi connectivity index (χ1) is 10.1. The molecule has 0 aliphatic carbocycles. The number of rotatable bonds is 8. The molecule has 0 bridgehead atoms. The predicted molar refractivity (Wildman–Crippen MR) is 88.6 cm³/mol. The molecule has 0 saturated heterocycles. The van der Waals surface area contributed by atoms with Gasteiger partial charge in [0.25, 0.3) is 0 Å². The lowest BCUT2D eigenvalue weighted by atomic mass is 10.2. The van der Waals surface area contributed by atoms with Gasteiger partial charge < -0.3 is 10.2 Å². The SMILES string of the molecule is CCCCCC(=O)N(C)CC(=O)Nc1ccccc1SC. The van der Waals surface area contributed by atoms with Crippen molar-refractivity contribution in [1.29, 1.82) is 0 Å². The Labute approximate surface area is 131 Å². The van der Waals surface area contributed by atoms with Crippen LogP contribution in [0.4, 0.5) is 5.69 Å². The molecular weight excluding hydrogens is 284 g/mol. The molecular formula is C16H24N2O2S. The lowest BCUT2D eigenvalue weighted by Crippen LogP contribution is -2.34. The largest absolute Gasteiger partial charge is 0.336 e. The van der Waals surface area contributed by atoms with E-state index in [4.69, 9.17) is 0 Å². The number of likely N-dealkylation sites (N-methyl/N-ethyl adjacent to an activating group) is 1. The van der Waals surface area contributed by atoms with Crippen LogP contribution in [0.2, 0.25) is 0 Å². The number of nitrogens with zero attached hydrogens (tertiary/aromatic N) is 1. The monoisotopic (exact) mass is 308 g/mol. The van der Waals surface area contributed by atoms with Gasteiger partial charge in [-0.1, -0.05) is 31.9 Å². The molecule has 0 fully saturated rings. The normalized spacial score (nSPS) is 10.2. The highest BCUT2D eigenvalue weighted by Crippen LogP contribution is 2.24. The molecule has 1 N–H and O–H groups in total. The zero-order valence-corrected chi connectivity index (χ0v) is 13.8. The maximum Gasteiger partial charge on any atom is 0.244 e. The van der Waals surface area contributed by atoms with Crippen LogP contribution in [-0.2, 0) is 9.59 Å². The summed E-state index contributed by atoms with van der Waals surface area (Å²) in [5.41, 5.74) is 0.793. The fraction of sp³-hybridized carbons (Fsp3) is 0.500. The minimum Gasteiger partial charge on any atom is -0.336 e. The fourth-order valence-corrected chi connectivity index (χ4v) is 2.51. The highest BCUT2D eigenvalue weighted by molar-refractivity contribution is 7.98. The van der Waals surface area contributed by atoms with Crippen molar-refractivity contribution in [2.24, 2.45) is 0 Å². The van der Waals surface area contributed by atoms with E-state index in [1.54, 1.807) is 18.8 Å². The van der Waals surface area contributed by atoms with E-state index in [-0.39, 0.29) is 18.4 Å². The van der Waals surface area contributed by atoms with Crippen LogP contribution in [0, 0.1) is 0 Å². The minimum absolute atomic E-state index is 0.0248. The van der Waals surface area contributed by atoms with E-state index >= 15 is 0 Å². The van der Waals surface area contributed by atoms with Crippen molar-refractivity contribution in [2.45, 2.75) is 37.5 Å². The molecule has 4 nitrogen and oxygen atoms in total. The molecule has 0 saturated carbocycles. The van der Waals surface area contributed by atoms with E-state index in [9.17, 15) is 9.59 Å². The molecule has 1 aromatic rings. The van der Waals surface area contributed by atoms with Crippen LogP contribution < -0.4 is 5.32 Å². The van der Waals surface area contributed by atoms with Gasteiger partial charge in [-0.05, 0) is 24.8 Å². The van der Waals surface area contributed by atoms with Gasteiger partial charge in [0.1, 0.15) is 0 Å². The lowest BCUT2D eigenvalue weighted by molar-refractivity contribution is -0.133. The first kappa shape index (κ1) is 17.6. The van der Waals surface area contributed by atoms with Crippen molar-refractivity contribution in [2.75, 3.05) is 25.2 Å². The third-order valence-electron chi connectivity index (χ3n) is 3.18. The molecule has 1 rings (SSSR count). The summed E-state index contributed by atoms with van der Waals surface area (Å²) in [5.74, 6) is -0.139. The van der Waals surface area contributed by atoms with Gasteiger partial charge in [-0.25, -0.2) is 0 Å². The van der Waals surface area contributed by atoms with Crippen LogP contribution in [-0.4, -0.2) is 36.6 Å². The molecule has 0 aromatic heterocycles. The highest BCUT2D eigenvalue weighted by atomic mass is 32.2. The van der Waals surface area contributed by atoms with E-state index in [0.29, 0.717) is 6.42 Å². The van der Waals surface area contributed by atoms with Crippen LogP contribution in [0.3, 0.4) is 0 Å². The van der Waals surface area contributed by atoms with E-state index in [1.807, 2.05) is 30.5 Å². The smallest absolute Gasteiger partial charge is 0.244 e. The Morgan fingerprint density at radius 1 is 1.24 bits per heavy atom. The van der Waals surface area contributed by atoms with Gasteiger partial charge in [-0.3, -0.25) is 9.59 Å². The van der Waals surface area contributed by atoms with Crippen molar-refractivity contribution in [1.82, 2.24) is 4.90 Å². The van der Waals surface area contributed by atoms with E-state index < -0.39 is 0 Å². The number of carbonyl (C=O) groups excluding carboxylic acids is 2. The summed E-state index contributed by atoms with van der Waals surface area (Å²) < 4.78 is 0. The first-order valence-corrected chi connectivity index (χ1v) is 8.47. The summed E-state index contributed by atoms with van der Waals surface area (Å²) in [7, 11) is 1.67. The molecule has 0 spiro atoms. The zero-order chi connectivity index (χ0) is 15.7. The van der Waals surface area contributed by atoms with Crippen LogP contribution in [0.15, 0.2) is 29.2 Å². The van der Waals surface area contributed by atoms with E-state index in [0.717, 1.165) is 29.8 Å². The van der Waals surface area contributed by atoms with Gasteiger partial charge in [0.05, 0.1) is 12.2 Å². The van der Waals surface area contributed by atoms with E-state index in [1.165, 1.54) is 4.90 Å². The summed E-state index contributed by atoms with van der Waals surface area (Å²) in [5, 5.41) is 2.86. The summed E-state index contributed by atoms with van der Waals surface area (Å²) in [6, 6.07) is 7.65. The highest BCUT2D eigenvalue weighted by Gasteiger charge is 2.13. The maximum absolute atomic E-state index is 12.0. The average Bonchev–Trinajstić information content (AvgIpc) is 2.47. The second-order valence-corrected chi connectivity index (χ2v) is 5.80. The second kappa shape index (κ2) is 9.45. The summed E-state index contributed by atoms with van der Waals surface area (Å²) >= 11 is 1.58. The van der Waals surface area contributed by atoms with Crippen LogP contribution in [0.1, 0.15) is 32.6 Å². The van der Waals surface area contributed by atoms with Gasteiger partial charge >= 0.3 is 0 Å². The Hall–Kier alpha value is -1.49. The Morgan fingerprint density at radius 2 is 1.95 bits per heavy atom. The Bertz CT molecular complexity index is 477. The minimum atomic E-state index is -0.164. The van der Waals surface area contributed by atoms with Crippen molar-refractivity contribution in [3.05, 3.63) is 24.3 Å². The molecule has 21 heavy (non-hydrogen) atoms. The van der Waals surface area contributed by atoms with Crippen molar-refractivity contribution in [3.8, 4) is 0 Å². The number of benzene rings is 1. The Balaban J connectivity index is 2.47. The van der Waals surface area contributed by atoms with E-state index in [2.05, 4.69) is 12.2 Å². The van der Waals surface area contributed by atoms with Crippen molar-refractivity contribution in [3.63, 3.8) is 0 Å². The average molecular weight is 308 g/mol. The van der Waals surface area contributed by atoms with Crippen molar-refractivity contribution >= 4 is 29.3 Å². The van der Waals surface area contributed by atoms with Gasteiger partial charge in [0.15, 0.2) is 0 Å². The standard InChI is InChI=1S/C16H24N2O2S/c1-4-5-6-11-16(20)18(2)12-15(19)17-13-9-7-8-10-14(13)21-3/h7-10H,4-6,11-12H2,1-3H3,(H,17,19). The topological polar surface area (TPSA) is 49.4 Å². The Kier molecular flexibility index (Phi) is 7.90. The van der Waals surface area contributed by atoms with Crippen LogP contribution in [0.5, 0.6) is 0 Å². The third kappa shape index (κ3) is 6.21. The number of hydrogen-bond acceptors (Lipinski definition) is 3. The van der Waals surface area contributed by atoms with Gasteiger partial charge in [-0.2, -0.15) is 0 Å². The molecule has 2 amide bonds. The number of nitrogens with one attached hydrogen (secondary N) is 1. The lowest BCUT2D eigenvalue weighted by Gasteiger charge is -2.17. The van der Waals surface area contributed by atoms with Crippen LogP contribution >= 0.6 is 11.8 Å². The maximum atomic E-state index is 12.0. The molecule has 0 atom stereocenters. The molecule has 5 heteroatoms. The number of amides is 2. The molecule has 0 radical (unpaired) electrons. The predicted octanol–water partition coefficient (Wildman–Crippen LogP) is 3.39. The number of hydrogen-bond donors (Lipinski definition) is 1. The van der Waals surface area contributed by atoms with Crippen LogP contribution in [0.25, 0.3) is 0 Å². The zero-order valence-electron chi connectivity index (χ0n) is 13.0. The van der Waals surface area contributed by atoms with Gasteiger partial charge in [0.2, 0.25) is 11.8 Å². The molecule has 116 valence electrons. The second-order valence-electron chi connectivity index (χ2n) is 4.96. The van der Waals surface area contributed by atoms with Crippen molar-refractivity contribution < 1.29 is 9.59 Å².